The van der Waals surface area contributed by atoms with E-state index in [4.69, 9.17) is 5.73 Å². The van der Waals surface area contributed by atoms with E-state index in [9.17, 15) is 22.4 Å². The van der Waals surface area contributed by atoms with Crippen LogP contribution in [-0.2, 0) is 6.54 Å². The molecule has 1 aliphatic heterocycles. The molecule has 0 aliphatic carbocycles. The van der Waals surface area contributed by atoms with Gasteiger partial charge in [0, 0.05) is 43.1 Å². The van der Waals surface area contributed by atoms with Crippen molar-refractivity contribution in [3.63, 3.8) is 0 Å². The van der Waals surface area contributed by atoms with Crippen LogP contribution in [0.4, 0.5) is 23.4 Å². The molecule has 7 nitrogen and oxygen atoms in total. The fraction of sp³-hybridized carbons (Fsp3) is 0.250. The number of likely N-dealkylation sites (tertiary alicyclic amines) is 1. The molecule has 1 fully saturated rings. The summed E-state index contributed by atoms with van der Waals surface area (Å²) in [4.78, 5) is 22.5. The van der Waals surface area contributed by atoms with E-state index in [-0.39, 0.29) is 48.1 Å². The standard InChI is InChI=1S/C24H20F4N6O/c25-17-6-2-1-4-14(17)13-34-20-15(5-3-7-18(20)26)19(32-34)22-30-12-16(21(29)31-22)23(35)33-10-8-24(27,28)9-11-33/h1-7,12H,8-11,13H2,(H2,29,30,31). The molecule has 0 unspecified atom stereocenters. The maximum absolute atomic E-state index is 14.8. The Labute approximate surface area is 197 Å². The molecule has 0 radical (unpaired) electrons. The Bertz CT molecular complexity index is 1430. The molecule has 0 saturated carbocycles. The third kappa shape index (κ3) is 4.29. The van der Waals surface area contributed by atoms with Crippen molar-refractivity contribution in [1.29, 1.82) is 0 Å². The number of nitrogen functional groups attached to an aromatic ring is 1. The number of fused-ring (bicyclic) bond motifs is 1. The zero-order chi connectivity index (χ0) is 24.7. The van der Waals surface area contributed by atoms with Gasteiger partial charge in [0.25, 0.3) is 11.8 Å². The summed E-state index contributed by atoms with van der Waals surface area (Å²) in [6.07, 6.45) is 0.372. The van der Waals surface area contributed by atoms with Gasteiger partial charge in [0.15, 0.2) is 5.82 Å². The van der Waals surface area contributed by atoms with Crippen molar-refractivity contribution in [2.45, 2.75) is 25.3 Å². The summed E-state index contributed by atoms with van der Waals surface area (Å²) in [5.41, 5.74) is 6.69. The van der Waals surface area contributed by atoms with Crippen molar-refractivity contribution in [2.75, 3.05) is 18.8 Å². The van der Waals surface area contributed by atoms with E-state index < -0.39 is 36.3 Å². The Morgan fingerprint density at radius 2 is 1.74 bits per heavy atom. The molecule has 180 valence electrons. The molecule has 4 aromatic rings. The van der Waals surface area contributed by atoms with Crippen LogP contribution in [0.25, 0.3) is 22.4 Å². The van der Waals surface area contributed by atoms with Crippen molar-refractivity contribution in [3.05, 3.63) is 71.4 Å². The van der Waals surface area contributed by atoms with Crippen LogP contribution < -0.4 is 5.73 Å². The predicted octanol–water partition coefficient (Wildman–Crippen LogP) is 4.27. The number of piperidine rings is 1. The molecule has 2 aromatic carbocycles. The SMILES string of the molecule is Nc1nc(-c2nn(Cc3ccccc3F)c3c(F)cccc23)ncc1C(=O)N1CCC(F)(F)CC1. The molecule has 2 N–H and O–H groups in total. The van der Waals surface area contributed by atoms with Crippen molar-refractivity contribution < 1.29 is 22.4 Å². The quantitative estimate of drug-likeness (QED) is 0.437. The summed E-state index contributed by atoms with van der Waals surface area (Å²) in [6, 6.07) is 10.5. The van der Waals surface area contributed by atoms with Gasteiger partial charge >= 0.3 is 0 Å². The van der Waals surface area contributed by atoms with Crippen molar-refractivity contribution in [1.82, 2.24) is 24.6 Å². The van der Waals surface area contributed by atoms with Gasteiger partial charge in [0.05, 0.1) is 6.54 Å². The highest BCUT2D eigenvalue weighted by atomic mass is 19.3. The number of alkyl halides is 2. The van der Waals surface area contributed by atoms with Gasteiger partial charge < -0.3 is 10.6 Å². The Morgan fingerprint density at radius 1 is 1.03 bits per heavy atom. The monoisotopic (exact) mass is 484 g/mol. The summed E-state index contributed by atoms with van der Waals surface area (Å²) in [5, 5.41) is 4.82. The molecular formula is C24H20F4N6O. The van der Waals surface area contributed by atoms with Crippen LogP contribution in [0.15, 0.2) is 48.7 Å². The van der Waals surface area contributed by atoms with Crippen molar-refractivity contribution in [2.24, 2.45) is 0 Å². The lowest BCUT2D eigenvalue weighted by Crippen LogP contribution is -2.43. The normalized spacial score (nSPS) is 15.5. The molecule has 0 bridgehead atoms. The van der Waals surface area contributed by atoms with Crippen LogP contribution >= 0.6 is 0 Å². The fourth-order valence-electron chi connectivity index (χ4n) is 4.14. The van der Waals surface area contributed by atoms with Crippen LogP contribution in [0.2, 0.25) is 0 Å². The highest BCUT2D eigenvalue weighted by molar-refractivity contribution is 5.99. The summed E-state index contributed by atoms with van der Waals surface area (Å²) in [7, 11) is 0. The Kier molecular flexibility index (Phi) is 5.62. The van der Waals surface area contributed by atoms with Crippen LogP contribution in [0, 0.1) is 11.6 Å². The molecule has 1 aliphatic rings. The lowest BCUT2D eigenvalue weighted by atomic mass is 10.1. The van der Waals surface area contributed by atoms with Crippen LogP contribution in [0.3, 0.4) is 0 Å². The largest absolute Gasteiger partial charge is 0.383 e. The molecule has 0 atom stereocenters. The fourth-order valence-corrected chi connectivity index (χ4v) is 4.14. The summed E-state index contributed by atoms with van der Waals surface area (Å²) in [5.74, 6) is -4.43. The van der Waals surface area contributed by atoms with Crippen LogP contribution in [-0.4, -0.2) is 49.6 Å². The average molecular weight is 484 g/mol. The van der Waals surface area contributed by atoms with Gasteiger partial charge in [0.1, 0.15) is 34.2 Å². The van der Waals surface area contributed by atoms with Gasteiger partial charge in [-0.15, -0.1) is 0 Å². The zero-order valence-electron chi connectivity index (χ0n) is 18.4. The minimum atomic E-state index is -2.79. The number of halogens is 4. The van der Waals surface area contributed by atoms with E-state index in [0.717, 1.165) is 0 Å². The second kappa shape index (κ2) is 8.64. The molecule has 35 heavy (non-hydrogen) atoms. The molecular weight excluding hydrogens is 464 g/mol. The first-order valence-corrected chi connectivity index (χ1v) is 10.9. The molecule has 3 heterocycles. The van der Waals surface area contributed by atoms with E-state index in [0.29, 0.717) is 10.9 Å². The minimum absolute atomic E-state index is 0.0137. The third-order valence-corrected chi connectivity index (χ3v) is 6.04. The smallest absolute Gasteiger partial charge is 0.259 e. The van der Waals surface area contributed by atoms with Gasteiger partial charge in [-0.1, -0.05) is 30.3 Å². The number of nitrogens with two attached hydrogens (primary N) is 1. The number of nitrogens with zero attached hydrogens (tertiary/aromatic N) is 5. The number of benzene rings is 2. The molecule has 0 spiro atoms. The first-order valence-electron chi connectivity index (χ1n) is 10.9. The van der Waals surface area contributed by atoms with E-state index >= 15 is 0 Å². The number of hydrogen-bond donors (Lipinski definition) is 1. The van der Waals surface area contributed by atoms with E-state index in [1.165, 1.54) is 34.0 Å². The second-order valence-electron chi connectivity index (χ2n) is 8.37. The number of amides is 1. The molecule has 1 amide bonds. The number of aromatic nitrogens is 4. The lowest BCUT2D eigenvalue weighted by Gasteiger charge is -2.31. The summed E-state index contributed by atoms with van der Waals surface area (Å²) >= 11 is 0. The second-order valence-corrected chi connectivity index (χ2v) is 8.37. The van der Waals surface area contributed by atoms with E-state index in [1.807, 2.05) is 0 Å². The van der Waals surface area contributed by atoms with Gasteiger partial charge in [-0.05, 0) is 12.1 Å². The van der Waals surface area contributed by atoms with Crippen molar-refractivity contribution >= 4 is 22.6 Å². The number of anilines is 1. The summed E-state index contributed by atoms with van der Waals surface area (Å²) < 4.78 is 57.2. The molecule has 11 heteroatoms. The van der Waals surface area contributed by atoms with Crippen LogP contribution in [0.5, 0.6) is 0 Å². The van der Waals surface area contributed by atoms with E-state index in [2.05, 4.69) is 15.1 Å². The average Bonchev–Trinajstić information content (AvgIpc) is 3.20. The number of carbonyl (C=O) groups is 1. The number of hydrogen-bond acceptors (Lipinski definition) is 5. The van der Waals surface area contributed by atoms with Gasteiger partial charge in [-0.2, -0.15) is 5.10 Å². The van der Waals surface area contributed by atoms with Gasteiger partial charge in [0.2, 0.25) is 0 Å². The molecule has 2 aromatic heterocycles. The van der Waals surface area contributed by atoms with Crippen molar-refractivity contribution in [3.8, 4) is 11.5 Å². The highest BCUT2D eigenvalue weighted by Gasteiger charge is 2.36. The first kappa shape index (κ1) is 22.8. The number of rotatable bonds is 4. The highest BCUT2D eigenvalue weighted by Crippen LogP contribution is 2.31. The van der Waals surface area contributed by atoms with Gasteiger partial charge in [-0.3, -0.25) is 9.48 Å². The zero-order valence-corrected chi connectivity index (χ0v) is 18.4. The maximum atomic E-state index is 14.8. The summed E-state index contributed by atoms with van der Waals surface area (Å²) in [6.45, 7) is -0.232. The topological polar surface area (TPSA) is 89.9 Å². The minimum Gasteiger partial charge on any atom is -0.383 e. The Hall–Kier alpha value is -4.02. The number of carbonyl (C=O) groups excluding carboxylic acids is 1. The predicted molar refractivity (Wildman–Crippen MR) is 121 cm³/mol. The molecule has 1 saturated heterocycles. The van der Waals surface area contributed by atoms with Crippen LogP contribution in [0.1, 0.15) is 28.8 Å². The number of para-hydroxylation sites is 1. The van der Waals surface area contributed by atoms with E-state index in [1.54, 1.807) is 24.3 Å². The lowest BCUT2D eigenvalue weighted by molar-refractivity contribution is -0.0494. The Morgan fingerprint density at radius 3 is 2.46 bits per heavy atom. The van der Waals surface area contributed by atoms with Gasteiger partial charge in [-0.25, -0.2) is 27.5 Å². The maximum Gasteiger partial charge on any atom is 0.259 e. The Balaban J connectivity index is 1.50. The molecule has 5 rings (SSSR count). The first-order chi connectivity index (χ1) is 16.7. The third-order valence-electron chi connectivity index (χ3n) is 6.04.